The van der Waals surface area contributed by atoms with Gasteiger partial charge in [-0.25, -0.2) is 19.6 Å². The number of aromatic nitrogens is 2. The monoisotopic (exact) mass is 535 g/mol. The molecular formula is C27H29N5O7. The molecule has 12 nitrogen and oxygen atoms in total. The molecule has 204 valence electrons. The molecule has 12 heteroatoms. The van der Waals surface area contributed by atoms with Gasteiger partial charge in [-0.15, -0.1) is 4.90 Å². The number of nitro benzene ring substituents is 1. The van der Waals surface area contributed by atoms with Crippen LogP contribution in [0.25, 0.3) is 11.3 Å². The van der Waals surface area contributed by atoms with E-state index >= 15 is 0 Å². The summed E-state index contributed by atoms with van der Waals surface area (Å²) < 4.78 is 10.8. The molecule has 3 rings (SSSR count). The van der Waals surface area contributed by atoms with E-state index in [1.54, 1.807) is 71.9 Å². The smallest absolute Gasteiger partial charge is 0.427 e. The minimum absolute atomic E-state index is 0.114. The minimum Gasteiger partial charge on any atom is -0.443 e. The van der Waals surface area contributed by atoms with Crippen molar-refractivity contribution in [2.45, 2.75) is 52.7 Å². The van der Waals surface area contributed by atoms with E-state index in [-0.39, 0.29) is 17.2 Å². The molecule has 1 N–H and O–H groups in total. The molecule has 39 heavy (non-hydrogen) atoms. The molecule has 3 aromatic rings. The van der Waals surface area contributed by atoms with Gasteiger partial charge in [0.2, 0.25) is 5.95 Å². The number of anilines is 2. The number of hydrogen-bond donors (Lipinski definition) is 1. The van der Waals surface area contributed by atoms with Gasteiger partial charge in [-0.05, 0) is 71.9 Å². The van der Waals surface area contributed by atoms with Gasteiger partial charge >= 0.3 is 12.2 Å². The molecule has 0 atom stereocenters. The summed E-state index contributed by atoms with van der Waals surface area (Å²) in [5.74, 6) is -0.668. The van der Waals surface area contributed by atoms with Crippen LogP contribution in [0.5, 0.6) is 0 Å². The normalized spacial score (nSPS) is 11.3. The predicted octanol–water partition coefficient (Wildman–Crippen LogP) is 5.98. The van der Waals surface area contributed by atoms with E-state index in [9.17, 15) is 24.5 Å². The number of ether oxygens (including phenoxy) is 2. The van der Waals surface area contributed by atoms with Crippen LogP contribution in [0.3, 0.4) is 0 Å². The van der Waals surface area contributed by atoms with Gasteiger partial charge in [-0.1, -0.05) is 12.1 Å². The Morgan fingerprint density at radius 2 is 1.38 bits per heavy atom. The average Bonchev–Trinajstić information content (AvgIpc) is 2.82. The van der Waals surface area contributed by atoms with Crippen molar-refractivity contribution in [2.75, 3.05) is 10.2 Å². The van der Waals surface area contributed by atoms with Crippen molar-refractivity contribution < 1.29 is 28.8 Å². The number of carbonyl (C=O) groups excluding carboxylic acids is 3. The summed E-state index contributed by atoms with van der Waals surface area (Å²) in [5.41, 5.74) is -0.148. The number of carbonyl (C=O) groups is 3. The molecule has 0 aliphatic rings. The number of non-ortho nitro benzene ring substituents is 1. The van der Waals surface area contributed by atoms with Crippen LogP contribution in [0.4, 0.5) is 26.9 Å². The number of hydrogen-bond acceptors (Lipinski definition) is 9. The lowest BCUT2D eigenvalue weighted by Gasteiger charge is -2.27. The first-order valence-electron chi connectivity index (χ1n) is 11.9. The zero-order valence-corrected chi connectivity index (χ0v) is 22.4. The number of nitrogens with one attached hydrogen (secondary N) is 1. The van der Waals surface area contributed by atoms with Crippen LogP contribution in [-0.4, -0.2) is 44.2 Å². The van der Waals surface area contributed by atoms with Crippen LogP contribution < -0.4 is 10.2 Å². The van der Waals surface area contributed by atoms with Crippen molar-refractivity contribution in [3.63, 3.8) is 0 Å². The Bertz CT molecular complexity index is 1350. The van der Waals surface area contributed by atoms with Crippen LogP contribution in [0.2, 0.25) is 0 Å². The van der Waals surface area contributed by atoms with E-state index in [1.165, 1.54) is 30.5 Å². The maximum atomic E-state index is 12.9. The molecular weight excluding hydrogens is 506 g/mol. The third-order valence-electron chi connectivity index (χ3n) is 4.77. The third-order valence-corrected chi connectivity index (χ3v) is 4.77. The molecule has 0 saturated carbocycles. The maximum absolute atomic E-state index is 12.9. The Balaban J connectivity index is 1.83. The van der Waals surface area contributed by atoms with E-state index in [0.29, 0.717) is 21.8 Å². The molecule has 0 radical (unpaired) electrons. The quantitative estimate of drug-likeness (QED) is 0.307. The maximum Gasteiger partial charge on any atom is 0.427 e. The lowest BCUT2D eigenvalue weighted by Crippen LogP contribution is -2.44. The molecule has 0 saturated heterocycles. The van der Waals surface area contributed by atoms with Gasteiger partial charge in [-0.2, -0.15) is 0 Å². The Hall–Kier alpha value is -4.87. The molecule has 0 spiro atoms. The fourth-order valence-electron chi connectivity index (χ4n) is 3.13. The van der Waals surface area contributed by atoms with E-state index in [2.05, 4.69) is 15.3 Å². The second-order valence-corrected chi connectivity index (χ2v) is 10.4. The van der Waals surface area contributed by atoms with Gasteiger partial charge in [0.1, 0.15) is 11.2 Å². The molecule has 2 aromatic carbocycles. The summed E-state index contributed by atoms with van der Waals surface area (Å²) in [4.78, 5) is 57.7. The van der Waals surface area contributed by atoms with Gasteiger partial charge in [0.25, 0.3) is 11.6 Å². The Kier molecular flexibility index (Phi) is 8.28. The van der Waals surface area contributed by atoms with Crippen LogP contribution in [-0.2, 0) is 9.47 Å². The molecule has 0 aliphatic carbocycles. The molecule has 0 unspecified atom stereocenters. The highest BCUT2D eigenvalue weighted by atomic mass is 16.6. The van der Waals surface area contributed by atoms with Crippen LogP contribution >= 0.6 is 0 Å². The summed E-state index contributed by atoms with van der Waals surface area (Å²) in [6.45, 7) is 9.98. The largest absolute Gasteiger partial charge is 0.443 e. The van der Waals surface area contributed by atoms with Gasteiger partial charge in [-0.3, -0.25) is 14.9 Å². The van der Waals surface area contributed by atoms with E-state index in [0.717, 1.165) is 0 Å². The van der Waals surface area contributed by atoms with Crippen molar-refractivity contribution in [3.8, 4) is 11.3 Å². The Labute approximate surface area is 225 Å². The first-order chi connectivity index (χ1) is 18.1. The number of amides is 3. The standard InChI is InChI=1S/C27H29N5O7/c1-26(2,3)38-24(34)31(25(35)39-27(4,5)6)23-28-16-15-21(30-23)17-7-11-19(12-8-17)29-22(33)18-9-13-20(14-10-18)32(36)37/h7-16H,1-6H3,(H,29,33). The number of benzene rings is 2. The summed E-state index contributed by atoms with van der Waals surface area (Å²) in [6, 6.07) is 13.5. The Morgan fingerprint density at radius 3 is 1.87 bits per heavy atom. The van der Waals surface area contributed by atoms with Gasteiger partial charge in [0.05, 0.1) is 10.6 Å². The molecule has 0 fully saturated rings. The van der Waals surface area contributed by atoms with Crippen molar-refractivity contribution in [3.05, 3.63) is 76.5 Å². The van der Waals surface area contributed by atoms with Crippen molar-refractivity contribution in [2.24, 2.45) is 0 Å². The highest BCUT2D eigenvalue weighted by molar-refractivity contribution is 6.08. The highest BCUT2D eigenvalue weighted by Gasteiger charge is 2.34. The van der Waals surface area contributed by atoms with E-state index in [1.807, 2.05) is 0 Å². The van der Waals surface area contributed by atoms with Gasteiger partial charge in [0.15, 0.2) is 0 Å². The second-order valence-electron chi connectivity index (χ2n) is 10.4. The molecule has 0 aliphatic heterocycles. The summed E-state index contributed by atoms with van der Waals surface area (Å²) in [5, 5.41) is 13.5. The predicted molar refractivity (Wildman–Crippen MR) is 143 cm³/mol. The Morgan fingerprint density at radius 1 is 0.846 bits per heavy atom. The number of imide groups is 1. The lowest BCUT2D eigenvalue weighted by molar-refractivity contribution is -0.384. The second kappa shape index (κ2) is 11.3. The summed E-state index contributed by atoms with van der Waals surface area (Å²) in [7, 11) is 0. The minimum atomic E-state index is -0.988. The zero-order valence-electron chi connectivity index (χ0n) is 22.4. The fourth-order valence-corrected chi connectivity index (χ4v) is 3.13. The number of nitro groups is 1. The number of rotatable bonds is 5. The number of nitrogens with zero attached hydrogens (tertiary/aromatic N) is 4. The third kappa shape index (κ3) is 8.06. The van der Waals surface area contributed by atoms with Crippen molar-refractivity contribution in [1.82, 2.24) is 9.97 Å². The lowest BCUT2D eigenvalue weighted by atomic mass is 10.1. The topological polar surface area (TPSA) is 154 Å². The zero-order chi connectivity index (χ0) is 29.0. The van der Waals surface area contributed by atoms with Crippen molar-refractivity contribution in [1.29, 1.82) is 0 Å². The van der Waals surface area contributed by atoms with Crippen LogP contribution in [0.1, 0.15) is 51.9 Å². The van der Waals surface area contributed by atoms with Crippen LogP contribution in [0, 0.1) is 10.1 Å². The summed E-state index contributed by atoms with van der Waals surface area (Å²) >= 11 is 0. The first-order valence-corrected chi connectivity index (χ1v) is 11.9. The first kappa shape index (κ1) is 28.7. The SMILES string of the molecule is CC(C)(C)OC(=O)N(C(=O)OC(C)(C)C)c1nccc(-c2ccc(NC(=O)c3ccc([N+](=O)[O-])cc3)cc2)n1. The molecule has 3 amide bonds. The fraction of sp³-hybridized carbons (Fsp3) is 0.296. The van der Waals surface area contributed by atoms with Gasteiger partial charge < -0.3 is 14.8 Å². The molecule has 0 bridgehead atoms. The molecule has 1 aromatic heterocycles. The molecule has 1 heterocycles. The van der Waals surface area contributed by atoms with Crippen molar-refractivity contribution >= 4 is 35.4 Å². The van der Waals surface area contributed by atoms with Gasteiger partial charge in [0, 0.05) is 35.1 Å². The van der Waals surface area contributed by atoms with Crippen LogP contribution in [0.15, 0.2) is 60.8 Å². The van der Waals surface area contributed by atoms with E-state index < -0.39 is 34.2 Å². The summed E-state index contributed by atoms with van der Waals surface area (Å²) in [6.07, 6.45) is -0.583. The average molecular weight is 536 g/mol. The highest BCUT2D eigenvalue weighted by Crippen LogP contribution is 2.24. The van der Waals surface area contributed by atoms with E-state index in [4.69, 9.17) is 9.47 Å².